The molecule has 4 aromatic carbocycles. The Kier molecular flexibility index (Phi) is 11.9. The Bertz CT molecular complexity index is 1960. The molecule has 0 aliphatic carbocycles. The number of nitrogens with zero attached hydrogens (tertiary/aromatic N) is 3. The van der Waals surface area contributed by atoms with Gasteiger partial charge in [0.05, 0.1) is 22.6 Å². The number of benzene rings is 4. The van der Waals surface area contributed by atoms with Crippen molar-refractivity contribution in [3.8, 4) is 5.75 Å². The molecule has 0 saturated carbocycles. The lowest BCUT2D eigenvalue weighted by atomic mass is 10.0. The number of aryl methyl sites for hydroxylation is 2. The molecule has 0 spiro atoms. The summed E-state index contributed by atoms with van der Waals surface area (Å²) < 4.78 is 35.3. The molecule has 50 heavy (non-hydrogen) atoms. The first-order valence-electron chi connectivity index (χ1n) is 15.8. The molecule has 0 aromatic heterocycles. The molecule has 0 aliphatic rings. The monoisotopic (exact) mass is 720 g/mol. The lowest BCUT2D eigenvalue weighted by molar-refractivity contribution is -0.385. The van der Waals surface area contributed by atoms with Gasteiger partial charge in [-0.25, -0.2) is 8.42 Å². The summed E-state index contributed by atoms with van der Waals surface area (Å²) in [5.74, 6) is -1.04. The minimum absolute atomic E-state index is 0.0231. The highest BCUT2D eigenvalue weighted by Gasteiger charge is 2.37. The van der Waals surface area contributed by atoms with Crippen LogP contribution in [0, 0.1) is 24.0 Å². The minimum Gasteiger partial charge on any atom is -0.495 e. The van der Waals surface area contributed by atoms with Crippen LogP contribution in [0.2, 0.25) is 5.02 Å². The molecule has 0 saturated heterocycles. The molecule has 0 fully saturated rings. The number of nitro groups is 1. The molecular weight excluding hydrogens is 680 g/mol. The maximum absolute atomic E-state index is 14.7. The van der Waals surface area contributed by atoms with Gasteiger partial charge in [-0.05, 0) is 70.0 Å². The quantitative estimate of drug-likeness (QED) is 0.121. The van der Waals surface area contributed by atoms with Crippen molar-refractivity contribution in [3.63, 3.8) is 0 Å². The molecule has 0 bridgehead atoms. The highest BCUT2D eigenvalue weighted by Crippen LogP contribution is 2.36. The van der Waals surface area contributed by atoms with Crippen molar-refractivity contribution < 1.29 is 27.7 Å². The van der Waals surface area contributed by atoms with Crippen molar-refractivity contribution in [2.75, 3.05) is 18.0 Å². The third-order valence-electron chi connectivity index (χ3n) is 7.90. The molecule has 1 atom stereocenters. The molecule has 0 unspecified atom stereocenters. The first kappa shape index (κ1) is 37.9. The number of ether oxygens (including phenoxy) is 1. The van der Waals surface area contributed by atoms with Crippen LogP contribution < -0.4 is 14.4 Å². The summed E-state index contributed by atoms with van der Waals surface area (Å²) >= 11 is 6.35. The Morgan fingerprint density at radius 1 is 0.940 bits per heavy atom. The van der Waals surface area contributed by atoms with E-state index < -0.39 is 55.5 Å². The molecular formula is C37H41ClN4O7S. The van der Waals surface area contributed by atoms with Crippen LogP contribution in [0.15, 0.2) is 95.9 Å². The fraction of sp³-hybridized carbons (Fsp3) is 0.297. The van der Waals surface area contributed by atoms with Gasteiger partial charge in [-0.2, -0.15) is 0 Å². The molecule has 264 valence electrons. The lowest BCUT2D eigenvalue weighted by Gasteiger charge is -2.35. The number of amides is 2. The summed E-state index contributed by atoms with van der Waals surface area (Å²) in [7, 11) is -3.33. The fourth-order valence-corrected chi connectivity index (χ4v) is 6.95. The van der Waals surface area contributed by atoms with Crippen LogP contribution >= 0.6 is 11.6 Å². The van der Waals surface area contributed by atoms with Gasteiger partial charge in [0.2, 0.25) is 11.8 Å². The van der Waals surface area contributed by atoms with Crippen LogP contribution in [-0.4, -0.2) is 55.3 Å². The van der Waals surface area contributed by atoms with Gasteiger partial charge in [0, 0.05) is 35.2 Å². The predicted octanol–water partition coefficient (Wildman–Crippen LogP) is 6.62. The second-order valence-electron chi connectivity index (χ2n) is 13.0. The number of sulfonamides is 1. The molecule has 0 radical (unpaired) electrons. The highest BCUT2D eigenvalue weighted by molar-refractivity contribution is 7.92. The summed E-state index contributed by atoms with van der Waals surface area (Å²) in [5, 5.41) is 14.9. The Hall–Kier alpha value is -4.94. The van der Waals surface area contributed by atoms with E-state index in [1.807, 2.05) is 82.3 Å². The van der Waals surface area contributed by atoms with E-state index in [4.69, 9.17) is 16.3 Å². The fourth-order valence-electron chi connectivity index (χ4n) is 5.34. The molecule has 4 aromatic rings. The van der Waals surface area contributed by atoms with Crippen LogP contribution in [-0.2, 0) is 32.6 Å². The van der Waals surface area contributed by atoms with Crippen LogP contribution in [0.3, 0.4) is 0 Å². The van der Waals surface area contributed by atoms with Crippen LogP contribution in [0.1, 0.15) is 43.0 Å². The van der Waals surface area contributed by atoms with Crippen molar-refractivity contribution in [1.82, 2.24) is 10.2 Å². The van der Waals surface area contributed by atoms with E-state index in [1.54, 1.807) is 0 Å². The van der Waals surface area contributed by atoms with E-state index >= 15 is 0 Å². The Morgan fingerprint density at radius 3 is 2.20 bits per heavy atom. The zero-order chi connectivity index (χ0) is 36.8. The van der Waals surface area contributed by atoms with E-state index in [-0.39, 0.29) is 35.0 Å². The number of carbonyl (C=O) groups is 2. The number of carbonyl (C=O) groups excluding carboxylic acids is 2. The van der Waals surface area contributed by atoms with Crippen LogP contribution in [0.5, 0.6) is 5.75 Å². The van der Waals surface area contributed by atoms with E-state index in [2.05, 4.69) is 5.32 Å². The maximum atomic E-state index is 14.7. The van der Waals surface area contributed by atoms with E-state index in [0.29, 0.717) is 0 Å². The highest BCUT2D eigenvalue weighted by atomic mass is 35.5. The normalized spacial score (nSPS) is 12.1. The van der Waals surface area contributed by atoms with Gasteiger partial charge in [0.1, 0.15) is 18.3 Å². The summed E-state index contributed by atoms with van der Waals surface area (Å²) in [6.07, 6.45) is 0.137. The third-order valence-corrected chi connectivity index (χ3v) is 9.89. The van der Waals surface area contributed by atoms with Crippen LogP contribution in [0.4, 0.5) is 11.4 Å². The molecule has 0 heterocycles. The SMILES string of the molecule is COc1ccc(Cl)cc1N(CC(=O)N(Cc1ccc(C)cc1)[C@H](Cc1ccccc1)C(=O)NC(C)(C)C)S(=O)(=O)c1ccc(C)c([N+](=O)[O-])c1. The standard InChI is InChI=1S/C37H41ClN4O7S/c1-25-12-15-28(16-13-25)23-40(33(36(44)39-37(3,4)5)20-27-10-8-7-9-11-27)35(43)24-41(32-21-29(38)17-19-34(32)49-6)50(47,48)30-18-14-26(2)31(22-30)42(45)46/h7-19,21-22,33H,20,23-24H2,1-6H3,(H,39,44)/t33-/m1/s1. The number of hydrogen-bond acceptors (Lipinski definition) is 7. The molecule has 11 nitrogen and oxygen atoms in total. The minimum atomic E-state index is -4.67. The third kappa shape index (κ3) is 9.39. The topological polar surface area (TPSA) is 139 Å². The first-order valence-corrected chi connectivity index (χ1v) is 17.6. The number of halogens is 1. The number of rotatable bonds is 13. The van der Waals surface area contributed by atoms with Gasteiger partial charge in [-0.1, -0.05) is 77.8 Å². The second kappa shape index (κ2) is 15.7. The molecule has 1 N–H and O–H groups in total. The predicted molar refractivity (Wildman–Crippen MR) is 194 cm³/mol. The summed E-state index contributed by atoms with van der Waals surface area (Å²) in [6.45, 7) is 8.10. The Labute approximate surface area is 298 Å². The van der Waals surface area contributed by atoms with Crippen molar-refractivity contribution in [2.45, 2.75) is 64.1 Å². The van der Waals surface area contributed by atoms with Gasteiger partial charge in [-0.3, -0.25) is 24.0 Å². The smallest absolute Gasteiger partial charge is 0.273 e. The number of anilines is 1. The maximum Gasteiger partial charge on any atom is 0.273 e. The second-order valence-corrected chi connectivity index (χ2v) is 15.3. The number of hydrogen-bond donors (Lipinski definition) is 1. The number of nitro benzene ring substituents is 1. The van der Waals surface area contributed by atoms with Crippen LogP contribution in [0.25, 0.3) is 0 Å². The average Bonchev–Trinajstić information content (AvgIpc) is 3.05. The average molecular weight is 721 g/mol. The summed E-state index contributed by atoms with van der Waals surface area (Å²) in [6, 6.07) is 23.4. The van der Waals surface area contributed by atoms with Crippen molar-refractivity contribution in [3.05, 3.63) is 128 Å². The lowest BCUT2D eigenvalue weighted by Crippen LogP contribution is -2.56. The van der Waals surface area contributed by atoms with Gasteiger partial charge in [0.15, 0.2) is 0 Å². The largest absolute Gasteiger partial charge is 0.495 e. The Balaban J connectivity index is 1.90. The number of methoxy groups -OCH3 is 1. The van der Waals surface area contributed by atoms with E-state index in [0.717, 1.165) is 27.1 Å². The van der Waals surface area contributed by atoms with Gasteiger partial charge < -0.3 is 15.0 Å². The molecule has 0 aliphatic heterocycles. The van der Waals surface area contributed by atoms with Crippen molar-refractivity contribution in [2.24, 2.45) is 0 Å². The summed E-state index contributed by atoms with van der Waals surface area (Å²) in [5.41, 5.74) is 1.65. The van der Waals surface area contributed by atoms with Crippen molar-refractivity contribution >= 4 is 44.8 Å². The molecule has 2 amide bonds. The van der Waals surface area contributed by atoms with Gasteiger partial charge in [-0.15, -0.1) is 0 Å². The number of nitrogens with one attached hydrogen (secondary N) is 1. The van der Waals surface area contributed by atoms with Gasteiger partial charge in [0.25, 0.3) is 15.7 Å². The summed E-state index contributed by atoms with van der Waals surface area (Å²) in [4.78, 5) is 40.9. The molecule has 13 heteroatoms. The van der Waals surface area contributed by atoms with E-state index in [1.165, 1.54) is 49.3 Å². The first-order chi connectivity index (χ1) is 23.5. The zero-order valence-electron chi connectivity index (χ0n) is 28.8. The molecule has 4 rings (SSSR count). The van der Waals surface area contributed by atoms with E-state index in [9.17, 15) is 28.1 Å². The van der Waals surface area contributed by atoms with Crippen molar-refractivity contribution in [1.29, 1.82) is 0 Å². The van der Waals surface area contributed by atoms with Gasteiger partial charge >= 0.3 is 0 Å². The zero-order valence-corrected chi connectivity index (χ0v) is 30.4. The Morgan fingerprint density at radius 2 is 1.60 bits per heavy atom.